The summed E-state index contributed by atoms with van der Waals surface area (Å²) >= 11 is 0. The molecule has 1 aliphatic heterocycles. The van der Waals surface area contributed by atoms with Crippen LogP contribution >= 0.6 is 0 Å². The Balaban J connectivity index is 2.52. The van der Waals surface area contributed by atoms with Crippen molar-refractivity contribution in [1.29, 1.82) is 0 Å². The number of rotatable bonds is 4. The lowest BCUT2D eigenvalue weighted by atomic mass is 10.2. The molecule has 1 amide bonds. The highest BCUT2D eigenvalue weighted by atomic mass is 16.1. The van der Waals surface area contributed by atoms with Gasteiger partial charge in [-0.05, 0) is 26.8 Å². The Morgan fingerprint density at radius 1 is 1.41 bits per heavy atom. The van der Waals surface area contributed by atoms with Gasteiger partial charge in [0.05, 0.1) is 11.4 Å². The van der Waals surface area contributed by atoms with E-state index >= 15 is 0 Å². The molecule has 1 atom stereocenters. The van der Waals surface area contributed by atoms with Gasteiger partial charge in [-0.3, -0.25) is 9.59 Å². The Morgan fingerprint density at radius 2 is 2.18 bits per heavy atom. The van der Waals surface area contributed by atoms with Gasteiger partial charge in [0.15, 0.2) is 6.29 Å². The Morgan fingerprint density at radius 3 is 2.71 bits per heavy atom. The van der Waals surface area contributed by atoms with E-state index in [0.717, 1.165) is 42.7 Å². The third kappa shape index (κ3) is 1.86. The highest BCUT2D eigenvalue weighted by molar-refractivity contribution is 5.85. The number of anilines is 1. The average Bonchev–Trinajstić information content (AvgIpc) is 2.90. The van der Waals surface area contributed by atoms with Crippen molar-refractivity contribution in [2.75, 3.05) is 18.4 Å². The Hall–Kier alpha value is -1.62. The quantitative estimate of drug-likeness (QED) is 0.766. The van der Waals surface area contributed by atoms with Crippen molar-refractivity contribution >= 4 is 18.4 Å². The minimum absolute atomic E-state index is 0.302. The summed E-state index contributed by atoms with van der Waals surface area (Å²) in [5, 5.41) is 5.97. The number of aldehydes is 1. The topological polar surface area (TPSA) is 63.1 Å². The lowest BCUT2D eigenvalue weighted by Gasteiger charge is -2.15. The van der Waals surface area contributed by atoms with Crippen molar-refractivity contribution in [2.45, 2.75) is 26.3 Å². The maximum Gasteiger partial charge on any atom is 0.211 e. The molecule has 1 fully saturated rings. The molecule has 2 heterocycles. The van der Waals surface area contributed by atoms with Crippen LogP contribution in [0.5, 0.6) is 0 Å². The molecule has 1 unspecified atom stereocenters. The van der Waals surface area contributed by atoms with Crippen LogP contribution in [0.15, 0.2) is 0 Å². The molecule has 0 aliphatic carbocycles. The van der Waals surface area contributed by atoms with Gasteiger partial charge in [-0.25, -0.2) is 0 Å². The van der Waals surface area contributed by atoms with Crippen molar-refractivity contribution < 1.29 is 9.59 Å². The fourth-order valence-corrected chi connectivity index (χ4v) is 2.63. The van der Waals surface area contributed by atoms with Gasteiger partial charge in [0, 0.05) is 23.8 Å². The largest absolute Gasteiger partial charge is 0.336 e. The zero-order valence-electron chi connectivity index (χ0n) is 10.1. The molecule has 1 saturated heterocycles. The zero-order chi connectivity index (χ0) is 12.4. The first-order valence-electron chi connectivity index (χ1n) is 5.78. The molecule has 17 heavy (non-hydrogen) atoms. The van der Waals surface area contributed by atoms with E-state index in [1.165, 1.54) is 0 Å². The summed E-state index contributed by atoms with van der Waals surface area (Å²) in [6.07, 6.45) is 2.54. The maximum absolute atomic E-state index is 11.2. The summed E-state index contributed by atoms with van der Waals surface area (Å²) < 4.78 is 2.04. The van der Waals surface area contributed by atoms with Crippen LogP contribution in [0.2, 0.25) is 0 Å². The molecule has 5 heteroatoms. The zero-order valence-corrected chi connectivity index (χ0v) is 10.1. The van der Waals surface area contributed by atoms with Crippen LogP contribution in [0.3, 0.4) is 0 Å². The van der Waals surface area contributed by atoms with Gasteiger partial charge in [0.2, 0.25) is 6.41 Å². The summed E-state index contributed by atoms with van der Waals surface area (Å²) in [6, 6.07) is 0.302. The van der Waals surface area contributed by atoms with Crippen LogP contribution < -0.4 is 10.6 Å². The van der Waals surface area contributed by atoms with Gasteiger partial charge < -0.3 is 15.2 Å². The number of nitrogens with zero attached hydrogens (tertiary/aromatic N) is 1. The van der Waals surface area contributed by atoms with E-state index in [2.05, 4.69) is 10.6 Å². The summed E-state index contributed by atoms with van der Waals surface area (Å²) in [7, 11) is 0. The fourth-order valence-electron chi connectivity index (χ4n) is 2.63. The molecule has 0 saturated carbocycles. The van der Waals surface area contributed by atoms with Gasteiger partial charge in [-0.15, -0.1) is 0 Å². The van der Waals surface area contributed by atoms with Gasteiger partial charge in [-0.2, -0.15) is 0 Å². The smallest absolute Gasteiger partial charge is 0.211 e. The summed E-state index contributed by atoms with van der Waals surface area (Å²) in [6.45, 7) is 5.64. The molecule has 1 aromatic rings. The Labute approximate surface area is 100 Å². The lowest BCUT2D eigenvalue weighted by Crippen LogP contribution is -2.16. The molecule has 92 valence electrons. The van der Waals surface area contributed by atoms with Crippen LogP contribution in [-0.4, -0.2) is 30.4 Å². The Bertz CT molecular complexity index is 445. The van der Waals surface area contributed by atoms with Crippen LogP contribution in [0.25, 0.3) is 0 Å². The van der Waals surface area contributed by atoms with Crippen molar-refractivity contribution in [3.05, 3.63) is 17.0 Å². The predicted molar refractivity (Wildman–Crippen MR) is 65.5 cm³/mol. The predicted octanol–water partition coefficient (Wildman–Crippen LogP) is 1.02. The second kappa shape index (κ2) is 4.71. The molecule has 0 radical (unpaired) electrons. The van der Waals surface area contributed by atoms with Crippen LogP contribution in [0, 0.1) is 13.8 Å². The third-order valence-corrected chi connectivity index (χ3v) is 3.46. The number of carbonyl (C=O) groups excluding carboxylic acids is 2. The van der Waals surface area contributed by atoms with Crippen molar-refractivity contribution in [1.82, 2.24) is 9.88 Å². The number of hydrogen-bond donors (Lipinski definition) is 2. The summed E-state index contributed by atoms with van der Waals surface area (Å²) in [5.41, 5.74) is 3.22. The number of hydrogen-bond acceptors (Lipinski definition) is 3. The van der Waals surface area contributed by atoms with Crippen LogP contribution in [0.1, 0.15) is 34.2 Å². The summed E-state index contributed by atoms with van der Waals surface area (Å²) in [5.74, 6) is 0. The van der Waals surface area contributed by atoms with Crippen LogP contribution in [-0.2, 0) is 4.79 Å². The van der Waals surface area contributed by atoms with Crippen LogP contribution in [0.4, 0.5) is 5.69 Å². The van der Waals surface area contributed by atoms with E-state index in [1.807, 2.05) is 18.4 Å². The minimum Gasteiger partial charge on any atom is -0.336 e. The van der Waals surface area contributed by atoms with E-state index in [4.69, 9.17) is 0 Å². The minimum atomic E-state index is 0.302. The van der Waals surface area contributed by atoms with Crippen molar-refractivity contribution in [2.24, 2.45) is 0 Å². The molecular formula is C12H17N3O2. The molecule has 0 aromatic carbocycles. The van der Waals surface area contributed by atoms with Gasteiger partial charge in [0.25, 0.3) is 0 Å². The van der Waals surface area contributed by atoms with E-state index in [9.17, 15) is 9.59 Å². The summed E-state index contributed by atoms with van der Waals surface area (Å²) in [4.78, 5) is 21.8. The van der Waals surface area contributed by atoms with E-state index in [-0.39, 0.29) is 0 Å². The molecule has 1 aliphatic rings. The normalized spacial score (nSPS) is 19.3. The molecule has 0 spiro atoms. The molecule has 0 bridgehead atoms. The standard InChI is InChI=1S/C12H17N3O2/c1-8-11(6-16)15(10-3-4-13-5-10)9(2)12(8)14-7-17/h6-7,10,13H,3-5H2,1-2H3,(H,14,17). The molecule has 1 aromatic heterocycles. The highest BCUT2D eigenvalue weighted by Crippen LogP contribution is 2.31. The number of aromatic nitrogens is 1. The number of amides is 1. The molecule has 5 nitrogen and oxygen atoms in total. The third-order valence-electron chi connectivity index (χ3n) is 3.46. The molecule has 2 N–H and O–H groups in total. The van der Waals surface area contributed by atoms with Crippen molar-refractivity contribution in [3.63, 3.8) is 0 Å². The maximum atomic E-state index is 11.2. The number of carbonyl (C=O) groups is 2. The fraction of sp³-hybridized carbons (Fsp3) is 0.500. The number of nitrogens with one attached hydrogen (secondary N) is 2. The first-order chi connectivity index (χ1) is 8.20. The molecule has 2 rings (SSSR count). The first kappa shape index (κ1) is 11.9. The van der Waals surface area contributed by atoms with Gasteiger partial charge in [-0.1, -0.05) is 0 Å². The monoisotopic (exact) mass is 235 g/mol. The average molecular weight is 235 g/mol. The Kier molecular flexibility index (Phi) is 3.28. The highest BCUT2D eigenvalue weighted by Gasteiger charge is 2.24. The van der Waals surface area contributed by atoms with E-state index in [1.54, 1.807) is 0 Å². The SMILES string of the molecule is Cc1c(NC=O)c(C)n(C2CCNC2)c1C=O. The molecular weight excluding hydrogens is 218 g/mol. The van der Waals surface area contributed by atoms with Crippen molar-refractivity contribution in [3.8, 4) is 0 Å². The van der Waals surface area contributed by atoms with Gasteiger partial charge >= 0.3 is 0 Å². The lowest BCUT2D eigenvalue weighted by molar-refractivity contribution is -0.105. The van der Waals surface area contributed by atoms with E-state index in [0.29, 0.717) is 18.1 Å². The van der Waals surface area contributed by atoms with Gasteiger partial charge in [0.1, 0.15) is 0 Å². The first-order valence-corrected chi connectivity index (χ1v) is 5.78. The van der Waals surface area contributed by atoms with E-state index < -0.39 is 0 Å². The second-order valence-electron chi connectivity index (χ2n) is 4.37. The second-order valence-corrected chi connectivity index (χ2v) is 4.37.